The number of fused-ring (bicyclic) bond motifs is 1. The first-order valence-corrected chi connectivity index (χ1v) is 9.92. The lowest BCUT2D eigenvalue weighted by Gasteiger charge is -2.16. The van der Waals surface area contributed by atoms with Crippen LogP contribution in [0.2, 0.25) is 0 Å². The van der Waals surface area contributed by atoms with Crippen LogP contribution in [0.4, 0.5) is 5.95 Å². The molecule has 3 aromatic heterocycles. The number of nitrogens with zero attached hydrogens (tertiary/aromatic N) is 5. The van der Waals surface area contributed by atoms with E-state index < -0.39 is 0 Å². The third-order valence-electron chi connectivity index (χ3n) is 5.37. The monoisotopic (exact) mass is 410 g/mol. The van der Waals surface area contributed by atoms with E-state index in [0.717, 1.165) is 35.2 Å². The van der Waals surface area contributed by atoms with Crippen LogP contribution < -0.4 is 10.2 Å². The molecule has 0 aliphatic carbocycles. The normalized spacial score (nSPS) is 15.7. The summed E-state index contributed by atoms with van der Waals surface area (Å²) in [5.74, 6) is 0.453. The maximum atomic E-state index is 12.7. The number of carbonyl (C=O) groups excluding carboxylic acids is 1. The Balaban J connectivity index is 1.25. The number of carbonyl (C=O) groups is 1. The zero-order valence-electron chi connectivity index (χ0n) is 16.5. The van der Waals surface area contributed by atoms with E-state index in [2.05, 4.69) is 20.3 Å². The van der Waals surface area contributed by atoms with Gasteiger partial charge in [-0.3, -0.25) is 9.78 Å². The fourth-order valence-electron chi connectivity index (χ4n) is 3.77. The molecule has 1 atom stereocenters. The van der Waals surface area contributed by atoms with Crippen molar-refractivity contribution in [1.82, 2.24) is 20.3 Å². The number of nitriles is 1. The average molecular weight is 410 g/mol. The molecule has 8 heteroatoms. The van der Waals surface area contributed by atoms with Gasteiger partial charge in [0.1, 0.15) is 11.7 Å². The molecule has 1 amide bonds. The van der Waals surface area contributed by atoms with Gasteiger partial charge in [-0.1, -0.05) is 12.1 Å². The van der Waals surface area contributed by atoms with Crippen LogP contribution in [0.25, 0.3) is 22.2 Å². The lowest BCUT2D eigenvalue weighted by atomic mass is 10.1. The highest BCUT2D eigenvalue weighted by atomic mass is 16.3. The molecule has 4 heterocycles. The van der Waals surface area contributed by atoms with Crippen molar-refractivity contribution in [3.05, 3.63) is 72.4 Å². The van der Waals surface area contributed by atoms with Crippen LogP contribution in [0.3, 0.4) is 0 Å². The molecule has 0 bridgehead atoms. The summed E-state index contributed by atoms with van der Waals surface area (Å²) >= 11 is 0. The van der Waals surface area contributed by atoms with Gasteiger partial charge < -0.3 is 14.6 Å². The highest BCUT2D eigenvalue weighted by Crippen LogP contribution is 2.27. The van der Waals surface area contributed by atoms with Gasteiger partial charge in [0.2, 0.25) is 5.95 Å². The second-order valence-electron chi connectivity index (χ2n) is 7.36. The van der Waals surface area contributed by atoms with Crippen molar-refractivity contribution < 1.29 is 9.21 Å². The summed E-state index contributed by atoms with van der Waals surface area (Å²) < 4.78 is 5.44. The van der Waals surface area contributed by atoms with Crippen molar-refractivity contribution >= 4 is 22.8 Å². The molecule has 5 rings (SSSR count). The van der Waals surface area contributed by atoms with Crippen molar-refractivity contribution in [2.24, 2.45) is 0 Å². The Bertz CT molecular complexity index is 1270. The van der Waals surface area contributed by atoms with E-state index in [1.807, 2.05) is 47.4 Å². The molecule has 1 N–H and O–H groups in total. The molecule has 0 saturated carbocycles. The summed E-state index contributed by atoms with van der Waals surface area (Å²) in [5.41, 5.74) is 3.55. The third-order valence-corrected chi connectivity index (χ3v) is 5.37. The summed E-state index contributed by atoms with van der Waals surface area (Å²) in [5, 5.41) is 12.9. The van der Waals surface area contributed by atoms with Gasteiger partial charge >= 0.3 is 0 Å². The second-order valence-corrected chi connectivity index (χ2v) is 7.36. The lowest BCUT2D eigenvalue weighted by Crippen LogP contribution is -2.37. The molecule has 1 saturated heterocycles. The molecule has 1 aliphatic rings. The van der Waals surface area contributed by atoms with Crippen LogP contribution in [0.15, 0.2) is 65.7 Å². The Morgan fingerprint density at radius 2 is 1.94 bits per heavy atom. The minimum Gasteiger partial charge on any atom is -0.464 e. The summed E-state index contributed by atoms with van der Waals surface area (Å²) in [6, 6.07) is 13.1. The van der Waals surface area contributed by atoms with E-state index in [0.29, 0.717) is 23.6 Å². The van der Waals surface area contributed by atoms with Gasteiger partial charge in [0.05, 0.1) is 29.9 Å². The van der Waals surface area contributed by atoms with Gasteiger partial charge in [0, 0.05) is 41.8 Å². The van der Waals surface area contributed by atoms with E-state index in [9.17, 15) is 4.79 Å². The lowest BCUT2D eigenvalue weighted by molar-refractivity contribution is 0.0940. The van der Waals surface area contributed by atoms with Crippen LogP contribution >= 0.6 is 0 Å². The molecule has 4 aromatic rings. The number of furan rings is 1. The van der Waals surface area contributed by atoms with Crippen molar-refractivity contribution in [3.63, 3.8) is 0 Å². The highest BCUT2D eigenvalue weighted by molar-refractivity contribution is 5.96. The topological polar surface area (TPSA) is 108 Å². The van der Waals surface area contributed by atoms with Crippen molar-refractivity contribution in [2.75, 3.05) is 18.0 Å². The van der Waals surface area contributed by atoms with Crippen LogP contribution in [0, 0.1) is 11.3 Å². The van der Waals surface area contributed by atoms with Gasteiger partial charge in [-0.15, -0.1) is 0 Å². The quantitative estimate of drug-likeness (QED) is 0.550. The number of hydrogen-bond donors (Lipinski definition) is 1. The van der Waals surface area contributed by atoms with Gasteiger partial charge in [0.15, 0.2) is 0 Å². The highest BCUT2D eigenvalue weighted by Gasteiger charge is 2.26. The maximum Gasteiger partial charge on any atom is 0.251 e. The maximum absolute atomic E-state index is 12.7. The first-order chi connectivity index (χ1) is 15.2. The first kappa shape index (κ1) is 18.8. The molecule has 152 valence electrons. The predicted molar refractivity (Wildman–Crippen MR) is 114 cm³/mol. The fourth-order valence-corrected chi connectivity index (χ4v) is 3.77. The Labute approximate surface area is 178 Å². The molecule has 0 spiro atoms. The van der Waals surface area contributed by atoms with E-state index in [-0.39, 0.29) is 11.9 Å². The van der Waals surface area contributed by atoms with Crippen LogP contribution in [-0.4, -0.2) is 40.0 Å². The SMILES string of the molecule is N#Cc1cnc(N2CC[C@H](NC(=O)c3ccc(-c4nccc5occc45)cc3)C2)nc1. The summed E-state index contributed by atoms with van der Waals surface area (Å²) in [4.78, 5) is 27.6. The number of anilines is 1. The molecule has 0 radical (unpaired) electrons. The summed E-state index contributed by atoms with van der Waals surface area (Å²) in [7, 11) is 0. The molecule has 1 fully saturated rings. The molecular formula is C23H18N6O2. The zero-order valence-corrected chi connectivity index (χ0v) is 16.5. The van der Waals surface area contributed by atoms with E-state index >= 15 is 0 Å². The molecule has 31 heavy (non-hydrogen) atoms. The van der Waals surface area contributed by atoms with Crippen molar-refractivity contribution in [3.8, 4) is 17.3 Å². The van der Waals surface area contributed by atoms with Crippen LogP contribution in [0.1, 0.15) is 22.3 Å². The Morgan fingerprint density at radius 3 is 2.71 bits per heavy atom. The Kier molecular flexibility index (Phi) is 4.77. The van der Waals surface area contributed by atoms with E-state index in [4.69, 9.17) is 9.68 Å². The van der Waals surface area contributed by atoms with E-state index in [1.165, 1.54) is 12.4 Å². The Morgan fingerprint density at radius 1 is 1.13 bits per heavy atom. The largest absolute Gasteiger partial charge is 0.464 e. The number of nitrogens with one attached hydrogen (secondary N) is 1. The molecule has 1 aliphatic heterocycles. The van der Waals surface area contributed by atoms with Gasteiger partial charge in [0.25, 0.3) is 5.91 Å². The minimum atomic E-state index is -0.117. The summed E-state index contributed by atoms with van der Waals surface area (Å²) in [6.45, 7) is 1.37. The average Bonchev–Trinajstić information content (AvgIpc) is 3.49. The smallest absolute Gasteiger partial charge is 0.251 e. The predicted octanol–water partition coefficient (Wildman–Crippen LogP) is 3.17. The number of benzene rings is 1. The van der Waals surface area contributed by atoms with Gasteiger partial charge in [-0.05, 0) is 30.7 Å². The minimum absolute atomic E-state index is 0.00719. The van der Waals surface area contributed by atoms with E-state index in [1.54, 1.807) is 12.5 Å². The van der Waals surface area contributed by atoms with Gasteiger partial charge in [-0.2, -0.15) is 5.26 Å². The molecular weight excluding hydrogens is 392 g/mol. The fraction of sp³-hybridized carbons (Fsp3) is 0.174. The molecule has 8 nitrogen and oxygen atoms in total. The number of rotatable bonds is 4. The first-order valence-electron chi connectivity index (χ1n) is 9.92. The van der Waals surface area contributed by atoms with Crippen LogP contribution in [0.5, 0.6) is 0 Å². The summed E-state index contributed by atoms with van der Waals surface area (Å²) in [6.07, 6.45) is 7.18. The number of aromatic nitrogens is 3. The van der Waals surface area contributed by atoms with Gasteiger partial charge in [-0.25, -0.2) is 9.97 Å². The molecule has 1 aromatic carbocycles. The Hall–Kier alpha value is -4.25. The number of pyridine rings is 1. The second kappa shape index (κ2) is 7.88. The van der Waals surface area contributed by atoms with Crippen LogP contribution in [-0.2, 0) is 0 Å². The third kappa shape index (κ3) is 3.69. The number of hydrogen-bond acceptors (Lipinski definition) is 7. The number of amides is 1. The zero-order chi connectivity index (χ0) is 21.2. The van der Waals surface area contributed by atoms with Crippen molar-refractivity contribution in [2.45, 2.75) is 12.5 Å². The standard InChI is InChI=1S/C23H18N6O2/c24-11-15-12-26-23(27-13-15)29-9-6-18(14-29)28-22(30)17-3-1-16(2-4-17)21-19-7-10-31-20(19)5-8-25-21/h1-5,7-8,10,12-13,18H,6,9,14H2,(H,28,30)/t18-/m0/s1. The molecule has 0 unspecified atom stereocenters. The van der Waals surface area contributed by atoms with Crippen molar-refractivity contribution in [1.29, 1.82) is 5.26 Å².